The van der Waals surface area contributed by atoms with Gasteiger partial charge in [0.1, 0.15) is 18.1 Å². The Labute approximate surface area is 164 Å². The van der Waals surface area contributed by atoms with Crippen molar-refractivity contribution in [3.05, 3.63) is 107 Å². The Balaban J connectivity index is 1.45. The van der Waals surface area contributed by atoms with Crippen LogP contribution in [0.5, 0.6) is 11.5 Å². The zero-order valence-electron chi connectivity index (χ0n) is 15.6. The highest BCUT2D eigenvalue weighted by Crippen LogP contribution is 2.35. The molecule has 0 spiro atoms. The fourth-order valence-electron chi connectivity index (χ4n) is 3.04. The third-order valence-electron chi connectivity index (χ3n) is 4.57. The first-order valence-electron chi connectivity index (χ1n) is 9.19. The van der Waals surface area contributed by atoms with Crippen LogP contribution in [0.3, 0.4) is 0 Å². The molecule has 0 bridgehead atoms. The van der Waals surface area contributed by atoms with Gasteiger partial charge >= 0.3 is 0 Å². The van der Waals surface area contributed by atoms with Crippen LogP contribution in [0.25, 0.3) is 12.2 Å². The lowest BCUT2D eigenvalue weighted by atomic mass is 10.1. The predicted molar refractivity (Wildman–Crippen MR) is 112 cm³/mol. The van der Waals surface area contributed by atoms with Crippen molar-refractivity contribution in [2.24, 2.45) is 0 Å². The van der Waals surface area contributed by atoms with Crippen molar-refractivity contribution < 1.29 is 14.3 Å². The van der Waals surface area contributed by atoms with Gasteiger partial charge in [-0.1, -0.05) is 60.7 Å². The molecule has 0 fully saturated rings. The highest BCUT2D eigenvalue weighted by Gasteiger charge is 2.27. The average Bonchev–Trinajstić information content (AvgIpc) is 3.03. The molecule has 28 heavy (non-hydrogen) atoms. The number of carbonyl (C=O) groups is 1. The third kappa shape index (κ3) is 3.89. The van der Waals surface area contributed by atoms with Crippen LogP contribution >= 0.6 is 0 Å². The summed E-state index contributed by atoms with van der Waals surface area (Å²) in [5.74, 6) is 1.44. The molecular weight excluding hydrogens is 348 g/mol. The van der Waals surface area contributed by atoms with Crippen molar-refractivity contribution in [2.75, 3.05) is 6.61 Å². The number of hydrogen-bond acceptors (Lipinski definition) is 3. The van der Waals surface area contributed by atoms with Crippen molar-refractivity contribution >= 4 is 17.9 Å². The molecule has 0 unspecified atom stereocenters. The average molecular weight is 368 g/mol. The van der Waals surface area contributed by atoms with E-state index in [9.17, 15) is 4.79 Å². The van der Waals surface area contributed by atoms with Crippen LogP contribution in [0.2, 0.25) is 0 Å². The second-order valence-corrected chi connectivity index (χ2v) is 6.58. The van der Waals surface area contributed by atoms with E-state index in [4.69, 9.17) is 9.47 Å². The lowest BCUT2D eigenvalue weighted by molar-refractivity contribution is 0.101. The molecule has 0 saturated heterocycles. The molecule has 1 aliphatic heterocycles. The van der Waals surface area contributed by atoms with Gasteiger partial charge in [0.25, 0.3) is 0 Å². The summed E-state index contributed by atoms with van der Waals surface area (Å²) in [4.78, 5) is 12.6. The van der Waals surface area contributed by atoms with Crippen molar-refractivity contribution in [3.63, 3.8) is 0 Å². The number of benzene rings is 3. The highest BCUT2D eigenvalue weighted by atomic mass is 16.5. The second-order valence-electron chi connectivity index (χ2n) is 6.58. The van der Waals surface area contributed by atoms with Crippen LogP contribution in [-0.4, -0.2) is 12.4 Å². The van der Waals surface area contributed by atoms with Gasteiger partial charge in [-0.2, -0.15) is 0 Å². The van der Waals surface area contributed by atoms with Gasteiger partial charge in [-0.25, -0.2) is 0 Å². The summed E-state index contributed by atoms with van der Waals surface area (Å²) in [6, 6.07) is 23.3. The predicted octanol–water partition coefficient (Wildman–Crippen LogP) is 5.70. The third-order valence-corrected chi connectivity index (χ3v) is 4.57. The SMILES string of the molecule is Cc1ccccc1C=C1Oc2cc(OCC=Cc3ccccc3)ccc2C1=O. The van der Waals surface area contributed by atoms with Gasteiger partial charge in [0.2, 0.25) is 5.78 Å². The van der Waals surface area contributed by atoms with E-state index in [1.165, 1.54) is 0 Å². The van der Waals surface area contributed by atoms with E-state index in [2.05, 4.69) is 0 Å². The van der Waals surface area contributed by atoms with Gasteiger partial charge < -0.3 is 9.47 Å². The number of fused-ring (bicyclic) bond motifs is 1. The molecule has 0 amide bonds. The van der Waals surface area contributed by atoms with Crippen LogP contribution in [-0.2, 0) is 0 Å². The molecule has 1 aliphatic rings. The zero-order chi connectivity index (χ0) is 19.3. The first kappa shape index (κ1) is 17.8. The Hall–Kier alpha value is -3.59. The second kappa shape index (κ2) is 7.97. The van der Waals surface area contributed by atoms with Crippen LogP contribution in [0.4, 0.5) is 0 Å². The van der Waals surface area contributed by atoms with Crippen molar-refractivity contribution in [1.29, 1.82) is 0 Å². The molecule has 0 atom stereocenters. The van der Waals surface area contributed by atoms with Crippen LogP contribution in [0.15, 0.2) is 84.6 Å². The number of allylic oxidation sites excluding steroid dienone is 1. The lowest BCUT2D eigenvalue weighted by Crippen LogP contribution is -1.98. The molecule has 0 aromatic heterocycles. The van der Waals surface area contributed by atoms with E-state index in [0.29, 0.717) is 29.4 Å². The Bertz CT molecular complexity index is 1060. The molecule has 138 valence electrons. The monoisotopic (exact) mass is 368 g/mol. The summed E-state index contributed by atoms with van der Waals surface area (Å²) >= 11 is 0. The van der Waals surface area contributed by atoms with E-state index < -0.39 is 0 Å². The number of hydrogen-bond donors (Lipinski definition) is 0. The summed E-state index contributed by atoms with van der Waals surface area (Å²) in [6.45, 7) is 2.45. The number of carbonyl (C=O) groups excluding carboxylic acids is 1. The van der Waals surface area contributed by atoms with Gasteiger partial charge in [-0.05, 0) is 47.9 Å². The van der Waals surface area contributed by atoms with Gasteiger partial charge in [-0.3, -0.25) is 4.79 Å². The van der Waals surface area contributed by atoms with Gasteiger partial charge in [0.15, 0.2) is 5.76 Å². The number of ether oxygens (including phenoxy) is 2. The van der Waals surface area contributed by atoms with Crippen molar-refractivity contribution in [3.8, 4) is 11.5 Å². The Morgan fingerprint density at radius 3 is 2.57 bits per heavy atom. The summed E-state index contributed by atoms with van der Waals surface area (Å²) in [5, 5.41) is 0. The van der Waals surface area contributed by atoms with E-state index in [1.807, 2.05) is 73.7 Å². The van der Waals surface area contributed by atoms with E-state index >= 15 is 0 Å². The maximum atomic E-state index is 12.6. The molecule has 3 heteroatoms. The molecule has 0 N–H and O–H groups in total. The smallest absolute Gasteiger partial charge is 0.231 e. The molecule has 3 aromatic rings. The first-order valence-corrected chi connectivity index (χ1v) is 9.19. The summed E-state index contributed by atoms with van der Waals surface area (Å²) < 4.78 is 11.6. The largest absolute Gasteiger partial charge is 0.489 e. The standard InChI is InChI=1S/C25H20O3/c1-18-8-5-6-12-20(18)16-24-25(26)22-14-13-21(17-23(22)28-24)27-15-7-11-19-9-3-2-4-10-19/h2-14,16-17H,15H2,1H3. The minimum absolute atomic E-state index is 0.103. The highest BCUT2D eigenvalue weighted by molar-refractivity contribution is 6.14. The number of Topliss-reactive ketones (excluding diaryl/α,β-unsaturated/α-hetero) is 1. The Morgan fingerprint density at radius 2 is 1.75 bits per heavy atom. The van der Waals surface area contributed by atoms with Crippen LogP contribution < -0.4 is 9.47 Å². The minimum atomic E-state index is -0.103. The van der Waals surface area contributed by atoms with E-state index in [-0.39, 0.29) is 5.78 Å². The normalized spacial score (nSPS) is 14.3. The molecule has 0 aliphatic carbocycles. The quantitative estimate of drug-likeness (QED) is 0.542. The molecule has 0 radical (unpaired) electrons. The maximum absolute atomic E-state index is 12.6. The number of aryl methyl sites for hydroxylation is 1. The lowest BCUT2D eigenvalue weighted by Gasteiger charge is -2.05. The summed E-state index contributed by atoms with van der Waals surface area (Å²) in [7, 11) is 0. The van der Waals surface area contributed by atoms with Gasteiger partial charge in [-0.15, -0.1) is 0 Å². The van der Waals surface area contributed by atoms with Gasteiger partial charge in [0, 0.05) is 6.07 Å². The molecule has 4 rings (SSSR count). The molecule has 0 saturated carbocycles. The van der Waals surface area contributed by atoms with Crippen LogP contribution in [0.1, 0.15) is 27.0 Å². The van der Waals surface area contributed by atoms with Crippen molar-refractivity contribution in [2.45, 2.75) is 6.92 Å². The molecule has 3 nitrogen and oxygen atoms in total. The van der Waals surface area contributed by atoms with Crippen molar-refractivity contribution in [1.82, 2.24) is 0 Å². The van der Waals surface area contributed by atoms with Gasteiger partial charge in [0.05, 0.1) is 5.56 Å². The number of rotatable bonds is 5. The molecule has 3 aromatic carbocycles. The van der Waals surface area contributed by atoms with E-state index in [0.717, 1.165) is 16.7 Å². The molecular formula is C25H20O3. The number of ketones is 1. The summed E-state index contributed by atoms with van der Waals surface area (Å²) in [6.07, 6.45) is 5.76. The zero-order valence-corrected chi connectivity index (χ0v) is 15.6. The minimum Gasteiger partial charge on any atom is -0.489 e. The first-order chi connectivity index (χ1) is 13.7. The topological polar surface area (TPSA) is 35.5 Å². The summed E-state index contributed by atoms with van der Waals surface area (Å²) in [5.41, 5.74) is 3.75. The molecule has 1 heterocycles. The fraction of sp³-hybridized carbons (Fsp3) is 0.0800. The van der Waals surface area contributed by atoms with E-state index in [1.54, 1.807) is 24.3 Å². The Kier molecular flexibility index (Phi) is 5.07. The Morgan fingerprint density at radius 1 is 0.964 bits per heavy atom. The fourth-order valence-corrected chi connectivity index (χ4v) is 3.04. The maximum Gasteiger partial charge on any atom is 0.231 e. The van der Waals surface area contributed by atoms with Crippen LogP contribution in [0, 0.1) is 6.92 Å².